The fraction of sp³-hybridized carbons (Fsp3) is 0.278. The van der Waals surface area contributed by atoms with Crippen LogP contribution in [-0.4, -0.2) is 37.6 Å². The van der Waals surface area contributed by atoms with E-state index in [1.807, 2.05) is 24.3 Å². The van der Waals surface area contributed by atoms with Gasteiger partial charge in [-0.3, -0.25) is 4.79 Å². The molecule has 1 fully saturated rings. The van der Waals surface area contributed by atoms with E-state index in [1.54, 1.807) is 4.90 Å². The highest BCUT2D eigenvalue weighted by Crippen LogP contribution is 2.24. The average Bonchev–Trinajstić information content (AvgIpc) is 2.53. The summed E-state index contributed by atoms with van der Waals surface area (Å²) in [7, 11) is -3.52. The third kappa shape index (κ3) is 4.10. The number of amides is 1. The summed E-state index contributed by atoms with van der Waals surface area (Å²) in [6.45, 7) is 0.387. The first-order valence-corrected chi connectivity index (χ1v) is 10.2. The van der Waals surface area contributed by atoms with Crippen molar-refractivity contribution >= 4 is 31.7 Å². The molecular weight excluding hydrogens is 409 g/mol. The number of aryl methyl sites for hydroxylation is 1. The van der Waals surface area contributed by atoms with E-state index in [0.717, 1.165) is 22.2 Å². The number of carbonyl (C=O) groups excluding carboxylic acids is 1. The summed E-state index contributed by atoms with van der Waals surface area (Å²) in [6.07, 6.45) is 0.975. The van der Waals surface area contributed by atoms with Gasteiger partial charge in [0.1, 0.15) is 11.1 Å². The molecule has 0 radical (unpaired) electrons. The standard InChI is InChI=1S/C18H17BrFNO3S/c19-14-4-1-13(2-5-14)3-10-18(22)21-11-17(12-21)25(23,24)16-8-6-15(20)7-9-16/h1-2,4-9,17H,3,10-12H2. The van der Waals surface area contributed by atoms with Crippen LogP contribution in [0.15, 0.2) is 57.9 Å². The van der Waals surface area contributed by atoms with E-state index >= 15 is 0 Å². The van der Waals surface area contributed by atoms with E-state index in [4.69, 9.17) is 0 Å². The van der Waals surface area contributed by atoms with Gasteiger partial charge in [0, 0.05) is 24.0 Å². The summed E-state index contributed by atoms with van der Waals surface area (Å²) in [5, 5.41) is -0.616. The minimum Gasteiger partial charge on any atom is -0.340 e. The third-order valence-electron chi connectivity index (χ3n) is 4.32. The molecule has 3 rings (SSSR count). The van der Waals surface area contributed by atoms with Gasteiger partial charge in [-0.15, -0.1) is 0 Å². The van der Waals surface area contributed by atoms with Crippen LogP contribution < -0.4 is 0 Å². The van der Waals surface area contributed by atoms with Gasteiger partial charge in [0.05, 0.1) is 4.90 Å². The lowest BCUT2D eigenvalue weighted by atomic mass is 10.1. The quantitative estimate of drug-likeness (QED) is 0.691. The van der Waals surface area contributed by atoms with E-state index < -0.39 is 20.9 Å². The van der Waals surface area contributed by atoms with Crippen LogP contribution in [0.3, 0.4) is 0 Å². The van der Waals surface area contributed by atoms with Gasteiger partial charge in [-0.05, 0) is 48.4 Å². The molecule has 132 valence electrons. The second-order valence-electron chi connectivity index (χ2n) is 6.05. The van der Waals surface area contributed by atoms with Crippen molar-refractivity contribution < 1.29 is 17.6 Å². The van der Waals surface area contributed by atoms with Crippen LogP contribution in [0.2, 0.25) is 0 Å². The lowest BCUT2D eigenvalue weighted by Gasteiger charge is -2.38. The highest BCUT2D eigenvalue weighted by molar-refractivity contribution is 9.10. The first kappa shape index (κ1) is 18.1. The van der Waals surface area contributed by atoms with Gasteiger partial charge in [-0.1, -0.05) is 28.1 Å². The lowest BCUT2D eigenvalue weighted by molar-refractivity contribution is -0.134. The zero-order valence-corrected chi connectivity index (χ0v) is 15.8. The Balaban J connectivity index is 1.53. The number of hydrogen-bond acceptors (Lipinski definition) is 3. The van der Waals surface area contributed by atoms with Crippen molar-refractivity contribution in [2.24, 2.45) is 0 Å². The summed E-state index contributed by atoms with van der Waals surface area (Å²) in [5.41, 5.74) is 1.06. The Hall–Kier alpha value is -1.73. The smallest absolute Gasteiger partial charge is 0.222 e. The molecule has 1 saturated heterocycles. The number of likely N-dealkylation sites (tertiary alicyclic amines) is 1. The molecule has 0 unspecified atom stereocenters. The van der Waals surface area contributed by atoms with Crippen molar-refractivity contribution in [2.75, 3.05) is 13.1 Å². The van der Waals surface area contributed by atoms with Gasteiger partial charge in [0.25, 0.3) is 0 Å². The molecule has 7 heteroatoms. The van der Waals surface area contributed by atoms with Crippen molar-refractivity contribution in [1.29, 1.82) is 0 Å². The fourth-order valence-corrected chi connectivity index (χ4v) is 4.63. The summed E-state index contributed by atoms with van der Waals surface area (Å²) < 4.78 is 38.8. The Morgan fingerprint density at radius 2 is 1.68 bits per heavy atom. The molecule has 2 aromatic rings. The van der Waals surface area contributed by atoms with Crippen LogP contribution in [0, 0.1) is 5.82 Å². The first-order valence-electron chi connectivity index (χ1n) is 7.88. The van der Waals surface area contributed by atoms with E-state index in [1.165, 1.54) is 12.1 Å². The van der Waals surface area contributed by atoms with Crippen LogP contribution >= 0.6 is 15.9 Å². The van der Waals surface area contributed by atoms with Crippen LogP contribution in [-0.2, 0) is 21.1 Å². The summed E-state index contributed by atoms with van der Waals surface area (Å²) in [6, 6.07) is 12.6. The number of carbonyl (C=O) groups is 1. The molecule has 2 aromatic carbocycles. The molecule has 1 heterocycles. The summed E-state index contributed by atoms with van der Waals surface area (Å²) in [5.74, 6) is -0.522. The zero-order chi connectivity index (χ0) is 18.0. The van der Waals surface area contributed by atoms with Crippen molar-refractivity contribution in [3.05, 3.63) is 64.4 Å². The lowest BCUT2D eigenvalue weighted by Crippen LogP contribution is -2.56. The maximum absolute atomic E-state index is 12.9. The zero-order valence-electron chi connectivity index (χ0n) is 13.4. The number of benzene rings is 2. The third-order valence-corrected chi connectivity index (χ3v) is 6.96. The van der Waals surface area contributed by atoms with Gasteiger partial charge in [-0.25, -0.2) is 12.8 Å². The van der Waals surface area contributed by atoms with Crippen molar-refractivity contribution in [1.82, 2.24) is 4.90 Å². The maximum atomic E-state index is 12.9. The Morgan fingerprint density at radius 1 is 1.08 bits per heavy atom. The number of halogens is 2. The number of hydrogen-bond donors (Lipinski definition) is 0. The molecule has 0 N–H and O–H groups in total. The second kappa shape index (κ2) is 7.25. The Morgan fingerprint density at radius 3 is 2.28 bits per heavy atom. The van der Waals surface area contributed by atoms with Crippen molar-refractivity contribution in [3.63, 3.8) is 0 Å². The van der Waals surface area contributed by atoms with Crippen LogP contribution in [0.1, 0.15) is 12.0 Å². The normalized spacial score (nSPS) is 15.0. The topological polar surface area (TPSA) is 54.5 Å². The molecule has 1 aliphatic heterocycles. The summed E-state index contributed by atoms with van der Waals surface area (Å²) >= 11 is 3.36. The number of nitrogens with zero attached hydrogens (tertiary/aromatic N) is 1. The molecule has 1 aliphatic rings. The van der Waals surface area contributed by atoms with E-state index in [9.17, 15) is 17.6 Å². The monoisotopic (exact) mass is 425 g/mol. The van der Waals surface area contributed by atoms with E-state index in [2.05, 4.69) is 15.9 Å². The van der Waals surface area contributed by atoms with Crippen LogP contribution in [0.25, 0.3) is 0 Å². The Kier molecular flexibility index (Phi) is 5.24. The van der Waals surface area contributed by atoms with Crippen LogP contribution in [0.5, 0.6) is 0 Å². The van der Waals surface area contributed by atoms with Crippen molar-refractivity contribution in [3.8, 4) is 0 Å². The van der Waals surface area contributed by atoms with E-state index in [0.29, 0.717) is 12.8 Å². The molecule has 0 atom stereocenters. The molecule has 0 bridgehead atoms. The number of rotatable bonds is 5. The highest BCUT2D eigenvalue weighted by atomic mass is 79.9. The Bertz CT molecular complexity index is 860. The largest absolute Gasteiger partial charge is 0.340 e. The van der Waals surface area contributed by atoms with Gasteiger partial charge < -0.3 is 4.90 Å². The van der Waals surface area contributed by atoms with Crippen LogP contribution in [0.4, 0.5) is 4.39 Å². The van der Waals surface area contributed by atoms with Gasteiger partial charge >= 0.3 is 0 Å². The minimum atomic E-state index is -3.52. The molecule has 0 aromatic heterocycles. The Labute approximate surface area is 154 Å². The van der Waals surface area contributed by atoms with Gasteiger partial charge in [0.15, 0.2) is 9.84 Å². The molecule has 0 aliphatic carbocycles. The fourth-order valence-electron chi connectivity index (χ4n) is 2.72. The summed E-state index contributed by atoms with van der Waals surface area (Å²) in [4.78, 5) is 13.8. The molecule has 0 spiro atoms. The maximum Gasteiger partial charge on any atom is 0.222 e. The first-order chi connectivity index (χ1) is 11.9. The molecular formula is C18H17BrFNO3S. The highest BCUT2D eigenvalue weighted by Gasteiger charge is 2.40. The van der Waals surface area contributed by atoms with E-state index in [-0.39, 0.29) is 23.9 Å². The molecule has 4 nitrogen and oxygen atoms in total. The van der Waals surface area contributed by atoms with Gasteiger partial charge in [-0.2, -0.15) is 0 Å². The van der Waals surface area contributed by atoms with Gasteiger partial charge in [0.2, 0.25) is 5.91 Å². The number of sulfone groups is 1. The molecule has 0 saturated carbocycles. The average molecular weight is 426 g/mol. The predicted molar refractivity (Wildman–Crippen MR) is 96.4 cm³/mol. The minimum absolute atomic E-state index is 0.0477. The molecule has 25 heavy (non-hydrogen) atoms. The SMILES string of the molecule is O=C(CCc1ccc(Br)cc1)N1CC(S(=O)(=O)c2ccc(F)cc2)C1. The predicted octanol–water partition coefficient (Wildman–Crippen LogP) is 3.21. The van der Waals surface area contributed by atoms with Crippen molar-refractivity contribution in [2.45, 2.75) is 23.0 Å². The second-order valence-corrected chi connectivity index (χ2v) is 9.19. The molecule has 1 amide bonds.